The minimum atomic E-state index is -0.143. The van der Waals surface area contributed by atoms with Crippen molar-refractivity contribution in [2.75, 3.05) is 44.5 Å². The Kier molecular flexibility index (Phi) is 9.05. The number of carbonyl (C=O) groups excluding carboxylic acids is 1. The number of nitrogens with zero attached hydrogens (tertiary/aromatic N) is 1. The third kappa shape index (κ3) is 6.56. The van der Waals surface area contributed by atoms with Crippen LogP contribution in [0, 0.1) is 5.92 Å². The van der Waals surface area contributed by atoms with E-state index in [9.17, 15) is 4.79 Å². The molecule has 0 bridgehead atoms. The van der Waals surface area contributed by atoms with Crippen LogP contribution in [0.25, 0.3) is 0 Å². The Bertz CT molecular complexity index is 953. The standard InChI is InChI=1S/C27H39N3O4/c1-18(2)30(19(3)4)13-14-34-26-16-22(9-12-25(26)33-6)29-27(31)21-8-7-20-15-23(32-5)10-11-24(20)28-17-21/h9-12,15-16,18-19,21,28H,7-8,13-14,17H2,1-6H3,(H,29,31). The van der Waals surface area contributed by atoms with Crippen molar-refractivity contribution in [3.05, 3.63) is 42.0 Å². The van der Waals surface area contributed by atoms with Crippen LogP contribution in [0.4, 0.5) is 11.4 Å². The van der Waals surface area contributed by atoms with Crippen molar-refractivity contribution in [3.63, 3.8) is 0 Å². The van der Waals surface area contributed by atoms with Gasteiger partial charge in [0.25, 0.3) is 0 Å². The number of aryl methyl sites for hydroxylation is 1. The summed E-state index contributed by atoms with van der Waals surface area (Å²) in [6.07, 6.45) is 1.58. The number of nitrogens with one attached hydrogen (secondary N) is 2. The Labute approximate surface area is 203 Å². The molecule has 1 aliphatic rings. The van der Waals surface area contributed by atoms with E-state index in [4.69, 9.17) is 14.2 Å². The van der Waals surface area contributed by atoms with Crippen LogP contribution in [0.1, 0.15) is 39.7 Å². The molecule has 1 amide bonds. The average molecular weight is 470 g/mol. The molecule has 2 aromatic carbocycles. The van der Waals surface area contributed by atoms with E-state index in [2.05, 4.69) is 43.2 Å². The first-order valence-corrected chi connectivity index (χ1v) is 12.1. The van der Waals surface area contributed by atoms with Crippen molar-refractivity contribution in [1.82, 2.24) is 4.90 Å². The molecule has 0 saturated carbocycles. The van der Waals surface area contributed by atoms with Crippen LogP contribution in [0.2, 0.25) is 0 Å². The predicted molar refractivity (Wildman–Crippen MR) is 137 cm³/mol. The van der Waals surface area contributed by atoms with Gasteiger partial charge in [0.2, 0.25) is 5.91 Å². The van der Waals surface area contributed by atoms with Crippen molar-refractivity contribution < 1.29 is 19.0 Å². The number of anilines is 2. The van der Waals surface area contributed by atoms with Crippen LogP contribution < -0.4 is 24.8 Å². The fourth-order valence-electron chi connectivity index (χ4n) is 4.45. The van der Waals surface area contributed by atoms with Gasteiger partial charge < -0.3 is 24.8 Å². The monoisotopic (exact) mass is 469 g/mol. The lowest BCUT2D eigenvalue weighted by atomic mass is 10.00. The van der Waals surface area contributed by atoms with Crippen molar-refractivity contribution in [2.45, 2.75) is 52.6 Å². The lowest BCUT2D eigenvalue weighted by molar-refractivity contribution is -0.119. The summed E-state index contributed by atoms with van der Waals surface area (Å²) in [6, 6.07) is 12.4. The van der Waals surface area contributed by atoms with Gasteiger partial charge in [-0.15, -0.1) is 0 Å². The van der Waals surface area contributed by atoms with E-state index in [0.717, 1.165) is 30.8 Å². The summed E-state index contributed by atoms with van der Waals surface area (Å²) in [7, 11) is 3.29. The van der Waals surface area contributed by atoms with Gasteiger partial charge in [-0.2, -0.15) is 0 Å². The van der Waals surface area contributed by atoms with E-state index in [1.807, 2.05) is 36.4 Å². The third-order valence-corrected chi connectivity index (χ3v) is 6.35. The first-order chi connectivity index (χ1) is 16.3. The molecule has 3 rings (SSSR count). The molecular weight excluding hydrogens is 430 g/mol. The van der Waals surface area contributed by atoms with E-state index < -0.39 is 0 Å². The van der Waals surface area contributed by atoms with E-state index in [1.165, 1.54) is 5.56 Å². The molecule has 0 radical (unpaired) electrons. The normalized spacial score (nSPS) is 15.5. The fraction of sp³-hybridized carbons (Fsp3) is 0.519. The third-order valence-electron chi connectivity index (χ3n) is 6.35. The Balaban J connectivity index is 1.62. The van der Waals surface area contributed by atoms with Crippen molar-refractivity contribution >= 4 is 17.3 Å². The van der Waals surface area contributed by atoms with E-state index in [1.54, 1.807) is 14.2 Å². The van der Waals surface area contributed by atoms with Crippen LogP contribution in [-0.4, -0.2) is 56.8 Å². The van der Waals surface area contributed by atoms with Gasteiger partial charge >= 0.3 is 0 Å². The van der Waals surface area contributed by atoms with Gasteiger partial charge in [-0.25, -0.2) is 0 Å². The SMILES string of the molecule is COc1ccc2c(c1)CCC(C(=O)Nc1ccc(OC)c(OCCN(C(C)C)C(C)C)c1)CN2. The summed E-state index contributed by atoms with van der Waals surface area (Å²) >= 11 is 0. The maximum absolute atomic E-state index is 13.1. The summed E-state index contributed by atoms with van der Waals surface area (Å²) in [5.74, 6) is 1.97. The molecule has 1 unspecified atom stereocenters. The molecule has 7 heteroatoms. The van der Waals surface area contributed by atoms with Gasteiger partial charge in [-0.05, 0) is 76.4 Å². The number of amides is 1. The summed E-state index contributed by atoms with van der Waals surface area (Å²) in [5, 5.41) is 6.48. The molecule has 0 saturated heterocycles. The molecule has 1 atom stereocenters. The summed E-state index contributed by atoms with van der Waals surface area (Å²) in [5.41, 5.74) is 2.94. The number of hydrogen-bond donors (Lipinski definition) is 2. The molecule has 0 spiro atoms. The summed E-state index contributed by atoms with van der Waals surface area (Å²) < 4.78 is 16.9. The molecule has 2 N–H and O–H groups in total. The Morgan fingerprint density at radius 3 is 2.50 bits per heavy atom. The number of rotatable bonds is 10. The molecule has 34 heavy (non-hydrogen) atoms. The molecule has 1 aliphatic heterocycles. The maximum atomic E-state index is 13.1. The maximum Gasteiger partial charge on any atom is 0.229 e. The van der Waals surface area contributed by atoms with Gasteiger partial charge in [0.15, 0.2) is 11.5 Å². The second-order valence-electron chi connectivity index (χ2n) is 9.27. The first kappa shape index (κ1) is 25.7. The first-order valence-electron chi connectivity index (χ1n) is 12.1. The van der Waals surface area contributed by atoms with Crippen LogP contribution in [0.15, 0.2) is 36.4 Å². The molecule has 0 fully saturated rings. The topological polar surface area (TPSA) is 72.1 Å². The zero-order valence-corrected chi connectivity index (χ0v) is 21.3. The zero-order valence-electron chi connectivity index (χ0n) is 21.3. The predicted octanol–water partition coefficient (Wildman–Crippen LogP) is 4.81. The number of carbonyl (C=O) groups is 1. The van der Waals surface area contributed by atoms with E-state index >= 15 is 0 Å². The molecule has 1 heterocycles. The number of benzene rings is 2. The van der Waals surface area contributed by atoms with Gasteiger partial charge in [0.05, 0.1) is 20.1 Å². The van der Waals surface area contributed by atoms with Crippen molar-refractivity contribution in [2.24, 2.45) is 5.92 Å². The fourth-order valence-corrected chi connectivity index (χ4v) is 4.45. The van der Waals surface area contributed by atoms with Crippen molar-refractivity contribution in [3.8, 4) is 17.2 Å². The lowest BCUT2D eigenvalue weighted by Crippen LogP contribution is -2.39. The van der Waals surface area contributed by atoms with Crippen LogP contribution in [-0.2, 0) is 11.2 Å². The summed E-state index contributed by atoms with van der Waals surface area (Å²) in [6.45, 7) is 10.7. The quantitative estimate of drug-likeness (QED) is 0.520. The van der Waals surface area contributed by atoms with Crippen LogP contribution in [0.5, 0.6) is 17.2 Å². The zero-order chi connectivity index (χ0) is 24.7. The number of fused-ring (bicyclic) bond motifs is 1. The molecule has 186 valence electrons. The highest BCUT2D eigenvalue weighted by Crippen LogP contribution is 2.32. The molecule has 7 nitrogen and oxygen atoms in total. The van der Waals surface area contributed by atoms with Gasteiger partial charge in [0.1, 0.15) is 12.4 Å². The minimum Gasteiger partial charge on any atom is -0.497 e. The number of hydrogen-bond acceptors (Lipinski definition) is 6. The lowest BCUT2D eigenvalue weighted by Gasteiger charge is -2.30. The smallest absolute Gasteiger partial charge is 0.229 e. The van der Waals surface area contributed by atoms with E-state index in [-0.39, 0.29) is 11.8 Å². The summed E-state index contributed by atoms with van der Waals surface area (Å²) in [4.78, 5) is 15.4. The van der Waals surface area contributed by atoms with Crippen LogP contribution >= 0.6 is 0 Å². The largest absolute Gasteiger partial charge is 0.497 e. The Morgan fingerprint density at radius 2 is 1.82 bits per heavy atom. The number of ether oxygens (including phenoxy) is 3. The highest BCUT2D eigenvalue weighted by molar-refractivity contribution is 5.93. The van der Waals surface area contributed by atoms with Gasteiger partial charge in [-0.1, -0.05) is 0 Å². The van der Waals surface area contributed by atoms with Crippen LogP contribution in [0.3, 0.4) is 0 Å². The van der Waals surface area contributed by atoms with Gasteiger partial charge in [-0.3, -0.25) is 9.69 Å². The van der Waals surface area contributed by atoms with Crippen molar-refractivity contribution in [1.29, 1.82) is 0 Å². The Hall–Kier alpha value is -2.93. The number of methoxy groups -OCH3 is 2. The molecule has 0 aromatic heterocycles. The van der Waals surface area contributed by atoms with E-state index in [0.29, 0.717) is 42.4 Å². The second kappa shape index (κ2) is 12.0. The molecule has 0 aliphatic carbocycles. The highest BCUT2D eigenvalue weighted by Gasteiger charge is 2.23. The highest BCUT2D eigenvalue weighted by atomic mass is 16.5. The average Bonchev–Trinajstić information content (AvgIpc) is 3.03. The van der Waals surface area contributed by atoms with Gasteiger partial charge in [0, 0.05) is 42.6 Å². The second-order valence-corrected chi connectivity index (χ2v) is 9.27. The Morgan fingerprint density at radius 1 is 1.06 bits per heavy atom. The molecular formula is C27H39N3O4. The molecule has 2 aromatic rings. The minimum absolute atomic E-state index is 0.00539.